The third kappa shape index (κ3) is 3.70. The second-order valence-electron chi connectivity index (χ2n) is 3.07. The highest BCUT2D eigenvalue weighted by Crippen LogP contribution is 1.99. The van der Waals surface area contributed by atoms with E-state index in [0.717, 1.165) is 32.0 Å². The van der Waals surface area contributed by atoms with E-state index in [-0.39, 0.29) is 0 Å². The number of ether oxygens (including phenoxy) is 1. The van der Waals surface area contributed by atoms with Crippen LogP contribution in [-0.2, 0) is 4.74 Å². The average Bonchev–Trinajstić information content (AvgIpc) is 1.93. The van der Waals surface area contributed by atoms with Crippen LogP contribution in [-0.4, -0.2) is 39.9 Å². The Morgan fingerprint density at radius 3 is 2.91 bits per heavy atom. The molecule has 1 aliphatic rings. The van der Waals surface area contributed by atoms with Crippen LogP contribution in [0.5, 0.6) is 0 Å². The summed E-state index contributed by atoms with van der Waals surface area (Å²) in [4.78, 5) is 0. The fourth-order valence-corrected chi connectivity index (χ4v) is 1.14. The highest BCUT2D eigenvalue weighted by atomic mass is 16.5. The second-order valence-corrected chi connectivity index (χ2v) is 3.07. The highest BCUT2D eigenvalue weighted by Gasteiger charge is 2.14. The Morgan fingerprint density at radius 2 is 2.36 bits per heavy atom. The Balaban J connectivity index is 1.73. The van der Waals surface area contributed by atoms with Crippen molar-refractivity contribution in [2.75, 3.05) is 39.9 Å². The van der Waals surface area contributed by atoms with Gasteiger partial charge in [-0.2, -0.15) is 0 Å². The molecule has 0 saturated carbocycles. The normalized spacial score (nSPS) is 18.3. The molecule has 0 bridgehead atoms. The van der Waals surface area contributed by atoms with Crippen LogP contribution in [0.3, 0.4) is 0 Å². The van der Waals surface area contributed by atoms with Crippen LogP contribution >= 0.6 is 0 Å². The number of methoxy groups -OCH3 is 1. The van der Waals surface area contributed by atoms with Crippen LogP contribution in [0.15, 0.2) is 0 Å². The standard InChI is InChI=1S/C8H18N2O/c1-11-4-2-3-9-5-8-6-10-7-8/h8-10H,2-7H2,1H3. The molecule has 0 aliphatic carbocycles. The summed E-state index contributed by atoms with van der Waals surface area (Å²) in [5, 5.41) is 6.65. The Labute approximate surface area is 68.5 Å². The molecule has 0 spiro atoms. The van der Waals surface area contributed by atoms with Crippen molar-refractivity contribution in [2.45, 2.75) is 6.42 Å². The highest BCUT2D eigenvalue weighted by molar-refractivity contribution is 4.76. The molecule has 11 heavy (non-hydrogen) atoms. The fourth-order valence-electron chi connectivity index (χ4n) is 1.14. The largest absolute Gasteiger partial charge is 0.385 e. The van der Waals surface area contributed by atoms with Crippen molar-refractivity contribution in [3.05, 3.63) is 0 Å². The Morgan fingerprint density at radius 1 is 1.55 bits per heavy atom. The van der Waals surface area contributed by atoms with E-state index < -0.39 is 0 Å². The van der Waals surface area contributed by atoms with Gasteiger partial charge in [0.2, 0.25) is 0 Å². The van der Waals surface area contributed by atoms with Crippen molar-refractivity contribution in [2.24, 2.45) is 5.92 Å². The number of nitrogens with one attached hydrogen (secondary N) is 2. The van der Waals surface area contributed by atoms with Crippen LogP contribution in [0.25, 0.3) is 0 Å². The molecule has 1 heterocycles. The fraction of sp³-hybridized carbons (Fsp3) is 1.00. The molecule has 0 aromatic heterocycles. The quantitative estimate of drug-likeness (QED) is 0.527. The number of hydrogen-bond acceptors (Lipinski definition) is 3. The molecule has 0 aromatic rings. The third-order valence-corrected chi connectivity index (χ3v) is 2.00. The van der Waals surface area contributed by atoms with Gasteiger partial charge in [-0.15, -0.1) is 0 Å². The molecule has 3 nitrogen and oxygen atoms in total. The van der Waals surface area contributed by atoms with E-state index in [1.54, 1.807) is 7.11 Å². The molecule has 66 valence electrons. The Bertz CT molecular complexity index is 94.1. The van der Waals surface area contributed by atoms with Crippen LogP contribution in [0.2, 0.25) is 0 Å². The lowest BCUT2D eigenvalue weighted by Gasteiger charge is -2.27. The first-order valence-corrected chi connectivity index (χ1v) is 4.34. The van der Waals surface area contributed by atoms with E-state index in [1.807, 2.05) is 0 Å². The molecular weight excluding hydrogens is 140 g/mol. The molecule has 1 rings (SSSR count). The van der Waals surface area contributed by atoms with Gasteiger partial charge < -0.3 is 15.4 Å². The van der Waals surface area contributed by atoms with Gasteiger partial charge in [0.25, 0.3) is 0 Å². The first-order valence-electron chi connectivity index (χ1n) is 4.34. The molecule has 0 atom stereocenters. The van der Waals surface area contributed by atoms with Crippen molar-refractivity contribution in [1.29, 1.82) is 0 Å². The van der Waals surface area contributed by atoms with Gasteiger partial charge in [-0.25, -0.2) is 0 Å². The molecule has 1 fully saturated rings. The molecular formula is C8H18N2O. The zero-order valence-corrected chi connectivity index (χ0v) is 7.23. The predicted molar refractivity (Wildman–Crippen MR) is 45.7 cm³/mol. The van der Waals surface area contributed by atoms with E-state index in [4.69, 9.17) is 4.74 Å². The monoisotopic (exact) mass is 158 g/mol. The van der Waals surface area contributed by atoms with Gasteiger partial charge in [0.15, 0.2) is 0 Å². The second kappa shape index (κ2) is 5.52. The van der Waals surface area contributed by atoms with Gasteiger partial charge >= 0.3 is 0 Å². The van der Waals surface area contributed by atoms with Gasteiger partial charge in [-0.3, -0.25) is 0 Å². The molecule has 3 heteroatoms. The minimum atomic E-state index is 0.871. The summed E-state index contributed by atoms with van der Waals surface area (Å²) in [6, 6.07) is 0. The predicted octanol–water partition coefficient (Wildman–Crippen LogP) is -0.168. The summed E-state index contributed by atoms with van der Waals surface area (Å²) in [5.74, 6) is 0.873. The number of hydrogen-bond donors (Lipinski definition) is 2. The molecule has 1 saturated heterocycles. The van der Waals surface area contributed by atoms with Gasteiger partial charge in [0.05, 0.1) is 0 Å². The molecule has 0 aromatic carbocycles. The maximum Gasteiger partial charge on any atom is 0.0474 e. The summed E-state index contributed by atoms with van der Waals surface area (Å²) >= 11 is 0. The topological polar surface area (TPSA) is 33.3 Å². The van der Waals surface area contributed by atoms with E-state index in [1.165, 1.54) is 13.1 Å². The SMILES string of the molecule is COCCCNCC1CNC1. The zero-order valence-electron chi connectivity index (χ0n) is 7.23. The lowest BCUT2D eigenvalue weighted by Crippen LogP contribution is -2.47. The van der Waals surface area contributed by atoms with E-state index in [9.17, 15) is 0 Å². The van der Waals surface area contributed by atoms with Gasteiger partial charge in [0, 0.05) is 33.4 Å². The van der Waals surface area contributed by atoms with E-state index >= 15 is 0 Å². The molecule has 0 unspecified atom stereocenters. The minimum absolute atomic E-state index is 0.871. The van der Waals surface area contributed by atoms with Crippen molar-refractivity contribution in [3.63, 3.8) is 0 Å². The molecule has 0 amide bonds. The summed E-state index contributed by atoms with van der Waals surface area (Å²) < 4.78 is 4.94. The Kier molecular flexibility index (Phi) is 4.50. The van der Waals surface area contributed by atoms with Gasteiger partial charge in [-0.05, 0) is 18.9 Å². The van der Waals surface area contributed by atoms with Crippen molar-refractivity contribution in [3.8, 4) is 0 Å². The smallest absolute Gasteiger partial charge is 0.0474 e. The lowest BCUT2D eigenvalue weighted by molar-refractivity contribution is 0.193. The van der Waals surface area contributed by atoms with Crippen LogP contribution in [0.4, 0.5) is 0 Å². The summed E-state index contributed by atoms with van der Waals surface area (Å²) in [6.45, 7) is 5.51. The van der Waals surface area contributed by atoms with Crippen LogP contribution in [0.1, 0.15) is 6.42 Å². The summed E-state index contributed by atoms with van der Waals surface area (Å²) in [5.41, 5.74) is 0. The first-order chi connectivity index (χ1) is 5.43. The maximum atomic E-state index is 4.94. The summed E-state index contributed by atoms with van der Waals surface area (Å²) in [7, 11) is 1.75. The van der Waals surface area contributed by atoms with E-state index in [0.29, 0.717) is 0 Å². The zero-order chi connectivity index (χ0) is 7.94. The van der Waals surface area contributed by atoms with Crippen molar-refractivity contribution in [1.82, 2.24) is 10.6 Å². The van der Waals surface area contributed by atoms with E-state index in [2.05, 4.69) is 10.6 Å². The van der Waals surface area contributed by atoms with Crippen molar-refractivity contribution >= 4 is 0 Å². The molecule has 1 aliphatic heterocycles. The van der Waals surface area contributed by atoms with Crippen LogP contribution in [0, 0.1) is 5.92 Å². The third-order valence-electron chi connectivity index (χ3n) is 2.00. The number of rotatable bonds is 6. The van der Waals surface area contributed by atoms with Gasteiger partial charge in [0.1, 0.15) is 0 Å². The minimum Gasteiger partial charge on any atom is -0.385 e. The Hall–Kier alpha value is -0.120. The van der Waals surface area contributed by atoms with Crippen LogP contribution < -0.4 is 10.6 Å². The average molecular weight is 158 g/mol. The molecule has 2 N–H and O–H groups in total. The lowest BCUT2D eigenvalue weighted by atomic mass is 10.0. The first kappa shape index (κ1) is 8.97. The molecule has 0 radical (unpaired) electrons. The maximum absolute atomic E-state index is 4.94. The van der Waals surface area contributed by atoms with Gasteiger partial charge in [-0.1, -0.05) is 0 Å². The summed E-state index contributed by atoms with van der Waals surface area (Å²) in [6.07, 6.45) is 1.12. The van der Waals surface area contributed by atoms with Crippen molar-refractivity contribution < 1.29 is 4.74 Å².